The van der Waals surface area contributed by atoms with Crippen molar-refractivity contribution < 1.29 is 27.9 Å². The van der Waals surface area contributed by atoms with E-state index >= 15 is 0 Å². The van der Waals surface area contributed by atoms with Crippen LogP contribution in [0.2, 0.25) is 0 Å². The Kier molecular flexibility index (Phi) is 3.87. The summed E-state index contributed by atoms with van der Waals surface area (Å²) in [5.41, 5.74) is -2.46. The van der Waals surface area contributed by atoms with Crippen LogP contribution in [0.5, 0.6) is 0 Å². The first-order valence-electron chi connectivity index (χ1n) is 5.94. The van der Waals surface area contributed by atoms with Crippen molar-refractivity contribution >= 4 is 17.2 Å². The maximum Gasteiger partial charge on any atom is 0.375 e. The first-order chi connectivity index (χ1) is 10.7. The van der Waals surface area contributed by atoms with E-state index < -0.39 is 49.9 Å². The highest BCUT2D eigenvalue weighted by atomic mass is 19.3. The fourth-order valence-electron chi connectivity index (χ4n) is 1.80. The summed E-state index contributed by atoms with van der Waals surface area (Å²) in [6.07, 6.45) is 0. The highest BCUT2D eigenvalue weighted by Crippen LogP contribution is 2.39. The number of alkyl halides is 2. The van der Waals surface area contributed by atoms with Crippen LogP contribution in [0.3, 0.4) is 0 Å². The number of non-ortho nitro benzene ring substituents is 1. The van der Waals surface area contributed by atoms with E-state index in [1.165, 1.54) is 0 Å². The quantitative estimate of drug-likeness (QED) is 0.469. The number of aryl methyl sites for hydroxylation is 1. The normalized spacial score (nSPS) is 11.3. The number of Topliss-reactive ketones (excluding diaryl/α,β-unsaturated/α-hetero) is 1. The van der Waals surface area contributed by atoms with Gasteiger partial charge < -0.3 is 4.52 Å². The molecule has 0 unspecified atom stereocenters. The zero-order chi connectivity index (χ0) is 17.4. The van der Waals surface area contributed by atoms with E-state index in [0.29, 0.717) is 0 Å². The van der Waals surface area contributed by atoms with Gasteiger partial charge in [-0.25, -0.2) is 0 Å². The molecule has 0 fully saturated rings. The average molecular weight is 327 g/mol. The van der Waals surface area contributed by atoms with Gasteiger partial charge in [0.15, 0.2) is 5.69 Å². The first kappa shape index (κ1) is 16.1. The van der Waals surface area contributed by atoms with Crippen LogP contribution >= 0.6 is 0 Å². The number of nitro benzene ring substituents is 1. The van der Waals surface area contributed by atoms with Crippen LogP contribution in [0.15, 0.2) is 28.8 Å². The lowest BCUT2D eigenvalue weighted by Gasteiger charge is -2.11. The van der Waals surface area contributed by atoms with Crippen LogP contribution in [0, 0.1) is 27.2 Å². The summed E-state index contributed by atoms with van der Waals surface area (Å²) < 4.78 is 32.7. The van der Waals surface area contributed by atoms with E-state index in [1.807, 2.05) is 0 Å². The lowest BCUT2D eigenvalue weighted by molar-refractivity contribution is -0.387. The molecule has 0 aliphatic heterocycles. The van der Waals surface area contributed by atoms with E-state index in [2.05, 4.69) is 9.68 Å². The third-order valence-corrected chi connectivity index (χ3v) is 2.92. The van der Waals surface area contributed by atoms with Gasteiger partial charge in [-0.15, -0.1) is 0 Å². The maximum atomic E-state index is 14.2. The largest absolute Gasteiger partial charge is 0.375 e. The highest BCUT2D eigenvalue weighted by molar-refractivity contribution is 6.02. The Morgan fingerprint density at radius 1 is 1.17 bits per heavy atom. The lowest BCUT2D eigenvalue weighted by Crippen LogP contribution is -2.26. The van der Waals surface area contributed by atoms with Crippen molar-refractivity contribution in [3.63, 3.8) is 0 Å². The van der Waals surface area contributed by atoms with Crippen molar-refractivity contribution in [1.29, 1.82) is 0 Å². The predicted molar refractivity (Wildman–Crippen MR) is 69.2 cm³/mol. The predicted octanol–water partition coefficient (Wildman–Crippen LogP) is 2.77. The van der Waals surface area contributed by atoms with Gasteiger partial charge in [-0.1, -0.05) is 5.16 Å². The number of carbonyl (C=O) groups is 1. The Balaban J connectivity index is 2.45. The van der Waals surface area contributed by atoms with Crippen LogP contribution in [-0.4, -0.2) is 20.8 Å². The fourth-order valence-corrected chi connectivity index (χ4v) is 1.80. The molecule has 0 N–H and O–H groups in total. The number of rotatable bonds is 5. The number of benzene rings is 1. The smallest absolute Gasteiger partial charge is 0.346 e. The molecule has 2 aromatic rings. The third-order valence-electron chi connectivity index (χ3n) is 2.92. The molecular weight excluding hydrogens is 320 g/mol. The maximum absolute atomic E-state index is 14.2. The van der Waals surface area contributed by atoms with Gasteiger partial charge in [-0.2, -0.15) is 8.78 Å². The summed E-state index contributed by atoms with van der Waals surface area (Å²) in [6.45, 7) is 1.08. The minimum Gasteiger partial charge on any atom is -0.346 e. The Morgan fingerprint density at radius 2 is 1.74 bits per heavy atom. The van der Waals surface area contributed by atoms with Gasteiger partial charge in [0, 0.05) is 17.7 Å². The number of hydrogen-bond donors (Lipinski definition) is 0. The molecule has 0 saturated heterocycles. The number of nitro groups is 2. The van der Waals surface area contributed by atoms with Crippen molar-refractivity contribution in [2.75, 3.05) is 0 Å². The molecule has 1 heterocycles. The minimum absolute atomic E-state index is 0.397. The molecule has 9 nitrogen and oxygen atoms in total. The highest BCUT2D eigenvalue weighted by Gasteiger charge is 2.51. The third kappa shape index (κ3) is 2.75. The number of halogens is 2. The SMILES string of the molecule is Cc1noc(C(F)(F)C(=O)c2ccc([N+](=O)[O-])cc2)c1[N+](=O)[O-]. The monoisotopic (exact) mass is 327 g/mol. The summed E-state index contributed by atoms with van der Waals surface area (Å²) in [4.78, 5) is 31.3. The molecule has 0 amide bonds. The molecule has 1 aromatic heterocycles. The second-order valence-electron chi connectivity index (χ2n) is 4.41. The van der Waals surface area contributed by atoms with Crippen molar-refractivity contribution in [2.24, 2.45) is 0 Å². The molecule has 0 saturated carbocycles. The van der Waals surface area contributed by atoms with Gasteiger partial charge in [0.25, 0.3) is 11.4 Å². The van der Waals surface area contributed by atoms with Crippen LogP contribution in [0.4, 0.5) is 20.2 Å². The standard InChI is InChI=1S/C12H7F2N3O6/c1-6-9(17(21)22)11(23-15-6)12(13,14)10(18)7-2-4-8(5-3-7)16(19)20/h2-5H,1H3. The summed E-state index contributed by atoms with van der Waals surface area (Å²) >= 11 is 0. The van der Waals surface area contributed by atoms with E-state index in [-0.39, 0.29) is 0 Å². The molecule has 0 aliphatic rings. The Hall–Kier alpha value is -3.24. The number of ketones is 1. The van der Waals surface area contributed by atoms with Gasteiger partial charge in [0.2, 0.25) is 5.78 Å². The molecule has 23 heavy (non-hydrogen) atoms. The van der Waals surface area contributed by atoms with Gasteiger partial charge in [0.1, 0.15) is 0 Å². The van der Waals surface area contributed by atoms with Crippen molar-refractivity contribution in [3.8, 4) is 0 Å². The van der Waals surface area contributed by atoms with Crippen LogP contribution in [-0.2, 0) is 5.92 Å². The number of carbonyl (C=O) groups excluding carboxylic acids is 1. The summed E-state index contributed by atoms with van der Waals surface area (Å²) in [5, 5.41) is 24.4. The molecule has 0 bridgehead atoms. The summed E-state index contributed by atoms with van der Waals surface area (Å²) in [6, 6.07) is 3.37. The topological polar surface area (TPSA) is 129 Å². The molecule has 120 valence electrons. The Labute approximate surface area is 125 Å². The molecule has 1 aromatic carbocycles. The molecule has 2 rings (SSSR count). The molecular formula is C12H7F2N3O6. The molecule has 0 spiro atoms. The van der Waals surface area contributed by atoms with Gasteiger partial charge >= 0.3 is 11.6 Å². The van der Waals surface area contributed by atoms with Gasteiger partial charge in [0.05, 0.1) is 9.85 Å². The Morgan fingerprint density at radius 3 is 2.22 bits per heavy atom. The van der Waals surface area contributed by atoms with Crippen molar-refractivity contribution in [2.45, 2.75) is 12.8 Å². The average Bonchev–Trinajstić information content (AvgIpc) is 2.89. The van der Waals surface area contributed by atoms with E-state index in [0.717, 1.165) is 31.2 Å². The fraction of sp³-hybridized carbons (Fsp3) is 0.167. The zero-order valence-electron chi connectivity index (χ0n) is 11.4. The Bertz CT molecular complexity index is 800. The summed E-state index contributed by atoms with van der Waals surface area (Å²) in [5.74, 6) is -7.63. The number of nitrogens with zero attached hydrogens (tertiary/aromatic N) is 3. The van der Waals surface area contributed by atoms with Crippen molar-refractivity contribution in [3.05, 3.63) is 61.5 Å². The molecule has 0 aliphatic carbocycles. The van der Waals surface area contributed by atoms with Crippen LogP contribution in [0.1, 0.15) is 21.8 Å². The van der Waals surface area contributed by atoms with E-state index in [9.17, 15) is 33.8 Å². The molecule has 11 heteroatoms. The lowest BCUT2D eigenvalue weighted by atomic mass is 10.0. The minimum atomic E-state index is -4.35. The van der Waals surface area contributed by atoms with Gasteiger partial charge in [-0.05, 0) is 19.1 Å². The first-order valence-corrected chi connectivity index (χ1v) is 5.94. The van der Waals surface area contributed by atoms with Crippen LogP contribution < -0.4 is 0 Å². The summed E-state index contributed by atoms with van der Waals surface area (Å²) in [7, 11) is 0. The molecule has 0 radical (unpaired) electrons. The number of aromatic nitrogens is 1. The number of hydrogen-bond acceptors (Lipinski definition) is 7. The van der Waals surface area contributed by atoms with E-state index in [1.54, 1.807) is 0 Å². The zero-order valence-corrected chi connectivity index (χ0v) is 11.4. The van der Waals surface area contributed by atoms with Gasteiger partial charge in [-0.3, -0.25) is 25.0 Å². The second-order valence-corrected chi connectivity index (χ2v) is 4.41. The second kappa shape index (κ2) is 5.51. The molecule has 0 atom stereocenters. The van der Waals surface area contributed by atoms with Crippen LogP contribution in [0.25, 0.3) is 0 Å². The van der Waals surface area contributed by atoms with Crippen molar-refractivity contribution in [1.82, 2.24) is 5.16 Å². The van der Waals surface area contributed by atoms with E-state index in [4.69, 9.17) is 0 Å².